The van der Waals surface area contributed by atoms with Crippen LogP contribution in [0.1, 0.15) is 17.7 Å². The van der Waals surface area contributed by atoms with E-state index in [1.807, 2.05) is 19.1 Å². The summed E-state index contributed by atoms with van der Waals surface area (Å²) in [6.07, 6.45) is 0.611. The van der Waals surface area contributed by atoms with Gasteiger partial charge in [0.1, 0.15) is 0 Å². The van der Waals surface area contributed by atoms with Crippen molar-refractivity contribution in [3.63, 3.8) is 0 Å². The molecular weight excluding hydrogens is 326 g/mol. The van der Waals surface area contributed by atoms with E-state index >= 15 is 0 Å². The molecule has 0 saturated carbocycles. The quantitative estimate of drug-likeness (QED) is 0.897. The van der Waals surface area contributed by atoms with Crippen LogP contribution >= 0.6 is 0 Å². The summed E-state index contributed by atoms with van der Waals surface area (Å²) in [4.78, 5) is 4.34. The normalized spacial score (nSPS) is 18.6. The Kier molecular flexibility index (Phi) is 5.55. The van der Waals surface area contributed by atoms with E-state index in [-0.39, 0.29) is 12.6 Å². The molecule has 1 aliphatic rings. The molecule has 2 heterocycles. The first-order valence-electron chi connectivity index (χ1n) is 8.41. The number of hydrogen-bond donors (Lipinski definition) is 1. The van der Waals surface area contributed by atoms with Crippen molar-refractivity contribution in [1.29, 1.82) is 0 Å². The van der Waals surface area contributed by atoms with Gasteiger partial charge in [-0.15, -0.1) is 5.10 Å². The number of aliphatic hydroxyl groups is 1. The van der Waals surface area contributed by atoms with Crippen molar-refractivity contribution < 1.29 is 13.9 Å². The lowest BCUT2D eigenvalue weighted by molar-refractivity contribution is 0.135. The lowest BCUT2D eigenvalue weighted by Gasteiger charge is -2.41. The highest BCUT2D eigenvalue weighted by Crippen LogP contribution is 2.21. The summed E-state index contributed by atoms with van der Waals surface area (Å²) in [5.41, 5.74) is 1.60. The fourth-order valence-corrected chi connectivity index (χ4v) is 3.17. The van der Waals surface area contributed by atoms with Gasteiger partial charge in [-0.25, -0.2) is 8.78 Å². The molecule has 5 nitrogen and oxygen atoms in total. The standard InChI is InChI=1S/C18H22F2N4O/c1-13-2-5-18(22-21-13)24-8-7-23(15(12-24)6-9-25)11-14-3-4-16(19)17(20)10-14/h2-5,10,15,25H,6-9,11-12H2,1H3. The molecule has 134 valence electrons. The third-order valence-corrected chi connectivity index (χ3v) is 4.54. The number of aryl methyl sites for hydroxylation is 1. The molecule has 1 N–H and O–H groups in total. The molecule has 1 saturated heterocycles. The molecule has 0 spiro atoms. The van der Waals surface area contributed by atoms with Gasteiger partial charge >= 0.3 is 0 Å². The van der Waals surface area contributed by atoms with Crippen LogP contribution < -0.4 is 4.90 Å². The number of halogens is 2. The number of anilines is 1. The predicted molar refractivity (Wildman–Crippen MR) is 91.2 cm³/mol. The van der Waals surface area contributed by atoms with Crippen molar-refractivity contribution in [2.75, 3.05) is 31.1 Å². The van der Waals surface area contributed by atoms with E-state index in [1.54, 1.807) is 6.07 Å². The largest absolute Gasteiger partial charge is 0.396 e. The second-order valence-corrected chi connectivity index (χ2v) is 6.36. The van der Waals surface area contributed by atoms with Crippen molar-refractivity contribution in [2.24, 2.45) is 0 Å². The van der Waals surface area contributed by atoms with Crippen LogP contribution in [0, 0.1) is 18.6 Å². The number of nitrogens with zero attached hydrogens (tertiary/aromatic N) is 4. The third-order valence-electron chi connectivity index (χ3n) is 4.54. The molecule has 1 unspecified atom stereocenters. The topological polar surface area (TPSA) is 52.5 Å². The Morgan fingerprint density at radius 1 is 1.12 bits per heavy atom. The summed E-state index contributed by atoms with van der Waals surface area (Å²) in [6.45, 7) is 4.72. The summed E-state index contributed by atoms with van der Waals surface area (Å²) < 4.78 is 26.5. The predicted octanol–water partition coefficient (Wildman–Crippen LogP) is 2.14. The Bertz CT molecular complexity index is 711. The fraction of sp³-hybridized carbons (Fsp3) is 0.444. The van der Waals surface area contributed by atoms with Gasteiger partial charge in [-0.1, -0.05) is 6.07 Å². The lowest BCUT2D eigenvalue weighted by Crippen LogP contribution is -2.53. The van der Waals surface area contributed by atoms with E-state index in [4.69, 9.17) is 0 Å². The van der Waals surface area contributed by atoms with Gasteiger partial charge in [0.2, 0.25) is 0 Å². The molecule has 0 amide bonds. The smallest absolute Gasteiger partial charge is 0.159 e. The zero-order chi connectivity index (χ0) is 17.8. The molecule has 0 aliphatic carbocycles. The first-order valence-corrected chi connectivity index (χ1v) is 8.41. The number of aromatic nitrogens is 2. The zero-order valence-electron chi connectivity index (χ0n) is 14.2. The maximum absolute atomic E-state index is 13.4. The minimum Gasteiger partial charge on any atom is -0.396 e. The zero-order valence-corrected chi connectivity index (χ0v) is 14.2. The molecule has 1 aromatic carbocycles. The van der Waals surface area contributed by atoms with Gasteiger partial charge in [0, 0.05) is 38.8 Å². The molecule has 0 radical (unpaired) electrons. The number of aliphatic hydroxyl groups excluding tert-OH is 1. The maximum atomic E-state index is 13.4. The molecule has 1 aliphatic heterocycles. The van der Waals surface area contributed by atoms with Crippen LogP contribution in [0.25, 0.3) is 0 Å². The molecular formula is C18H22F2N4O. The van der Waals surface area contributed by atoms with Gasteiger partial charge < -0.3 is 10.0 Å². The second-order valence-electron chi connectivity index (χ2n) is 6.36. The number of piperazine rings is 1. The second kappa shape index (κ2) is 7.84. The van der Waals surface area contributed by atoms with Gasteiger partial charge in [0.15, 0.2) is 17.5 Å². The summed E-state index contributed by atoms with van der Waals surface area (Å²) in [5.74, 6) is -0.843. The average Bonchev–Trinajstić information content (AvgIpc) is 2.60. The van der Waals surface area contributed by atoms with Crippen LogP contribution in [0.2, 0.25) is 0 Å². The minimum atomic E-state index is -0.835. The Hall–Kier alpha value is -2.12. The summed E-state index contributed by atoms with van der Waals surface area (Å²) >= 11 is 0. The van der Waals surface area contributed by atoms with Crippen LogP contribution in [0.4, 0.5) is 14.6 Å². The van der Waals surface area contributed by atoms with Gasteiger partial charge in [0.25, 0.3) is 0 Å². The van der Waals surface area contributed by atoms with E-state index < -0.39 is 11.6 Å². The van der Waals surface area contributed by atoms with Crippen LogP contribution in [0.3, 0.4) is 0 Å². The SMILES string of the molecule is Cc1ccc(N2CCN(Cc3ccc(F)c(F)c3)C(CCO)C2)nn1. The minimum absolute atomic E-state index is 0.0758. The van der Waals surface area contributed by atoms with Gasteiger partial charge in [-0.3, -0.25) is 4.90 Å². The Labute approximate surface area is 145 Å². The van der Waals surface area contributed by atoms with Crippen LogP contribution in [0.15, 0.2) is 30.3 Å². The molecule has 25 heavy (non-hydrogen) atoms. The molecule has 1 fully saturated rings. The highest BCUT2D eigenvalue weighted by atomic mass is 19.2. The number of hydrogen-bond acceptors (Lipinski definition) is 5. The molecule has 1 aromatic heterocycles. The Morgan fingerprint density at radius 3 is 2.64 bits per heavy atom. The van der Waals surface area contributed by atoms with E-state index in [2.05, 4.69) is 20.0 Å². The van der Waals surface area contributed by atoms with Gasteiger partial charge in [-0.05, 0) is 43.2 Å². The van der Waals surface area contributed by atoms with Crippen LogP contribution in [-0.2, 0) is 6.54 Å². The van der Waals surface area contributed by atoms with Crippen molar-refractivity contribution >= 4 is 5.82 Å². The van der Waals surface area contributed by atoms with Crippen molar-refractivity contribution in [2.45, 2.75) is 25.9 Å². The first kappa shape index (κ1) is 17.7. The highest BCUT2D eigenvalue weighted by Gasteiger charge is 2.27. The highest BCUT2D eigenvalue weighted by molar-refractivity contribution is 5.38. The summed E-state index contributed by atoms with van der Waals surface area (Å²) in [5, 5.41) is 17.7. The van der Waals surface area contributed by atoms with Crippen molar-refractivity contribution in [1.82, 2.24) is 15.1 Å². The fourth-order valence-electron chi connectivity index (χ4n) is 3.17. The van der Waals surface area contributed by atoms with E-state index in [0.717, 1.165) is 36.2 Å². The Morgan fingerprint density at radius 2 is 1.96 bits per heavy atom. The van der Waals surface area contributed by atoms with Gasteiger partial charge in [0.05, 0.1) is 5.69 Å². The van der Waals surface area contributed by atoms with E-state index in [0.29, 0.717) is 19.5 Å². The number of benzene rings is 1. The first-order chi connectivity index (χ1) is 12.1. The average molecular weight is 348 g/mol. The molecule has 3 rings (SSSR count). The lowest BCUT2D eigenvalue weighted by atomic mass is 10.1. The molecule has 1 atom stereocenters. The van der Waals surface area contributed by atoms with Crippen LogP contribution in [-0.4, -0.2) is 52.5 Å². The molecule has 2 aromatic rings. The molecule has 0 bridgehead atoms. The van der Waals surface area contributed by atoms with Crippen molar-refractivity contribution in [3.05, 3.63) is 53.2 Å². The van der Waals surface area contributed by atoms with Crippen molar-refractivity contribution in [3.8, 4) is 0 Å². The third kappa shape index (κ3) is 4.29. The van der Waals surface area contributed by atoms with Crippen LogP contribution in [0.5, 0.6) is 0 Å². The molecule has 7 heteroatoms. The van der Waals surface area contributed by atoms with Gasteiger partial charge in [-0.2, -0.15) is 5.10 Å². The monoisotopic (exact) mass is 348 g/mol. The maximum Gasteiger partial charge on any atom is 0.159 e. The summed E-state index contributed by atoms with van der Waals surface area (Å²) in [6, 6.07) is 7.98. The van der Waals surface area contributed by atoms with E-state index in [9.17, 15) is 13.9 Å². The summed E-state index contributed by atoms with van der Waals surface area (Å²) in [7, 11) is 0. The number of rotatable bonds is 5. The van der Waals surface area contributed by atoms with E-state index in [1.165, 1.54) is 6.07 Å². The Balaban J connectivity index is 1.70.